The molecule has 0 aromatic heterocycles. The Balaban J connectivity index is 3.89. The fourth-order valence-corrected chi connectivity index (χ4v) is 1.73. The number of rotatable bonds is 11. The molecule has 4 nitrogen and oxygen atoms in total. The van der Waals surface area contributed by atoms with Crippen LogP contribution in [0.5, 0.6) is 0 Å². The second-order valence-electron chi connectivity index (χ2n) is 4.39. The maximum Gasteiger partial charge on any atom is 0.170 e. The zero-order valence-electron chi connectivity index (χ0n) is 12.2. The van der Waals surface area contributed by atoms with Crippen LogP contribution in [0, 0.1) is 0 Å². The average molecular weight is 246 g/mol. The molecule has 0 aromatic rings. The molecule has 4 heteroatoms. The molecule has 0 N–H and O–H groups in total. The lowest BCUT2D eigenvalue weighted by molar-refractivity contribution is -0.146. The molecule has 0 rings (SSSR count). The van der Waals surface area contributed by atoms with E-state index in [2.05, 4.69) is 30.8 Å². The van der Waals surface area contributed by atoms with Gasteiger partial charge in [0, 0.05) is 19.8 Å². The first-order valence-corrected chi connectivity index (χ1v) is 6.74. The van der Waals surface area contributed by atoms with Gasteiger partial charge in [0.25, 0.3) is 0 Å². The standard InChI is InChI=1S/C13H30N2O2/c1-6-15(11-9-10-14(4)5)12-13(16-7-2)17-8-3/h13H,6-12H2,1-5H3. The van der Waals surface area contributed by atoms with Crippen LogP contribution >= 0.6 is 0 Å². The first-order valence-electron chi connectivity index (χ1n) is 6.74. The van der Waals surface area contributed by atoms with Gasteiger partial charge >= 0.3 is 0 Å². The van der Waals surface area contributed by atoms with Crippen LogP contribution in [0.2, 0.25) is 0 Å². The molecule has 0 amide bonds. The molecule has 0 spiro atoms. The van der Waals surface area contributed by atoms with Crippen molar-refractivity contribution in [2.45, 2.75) is 33.5 Å². The smallest absolute Gasteiger partial charge is 0.170 e. The van der Waals surface area contributed by atoms with E-state index in [1.165, 1.54) is 6.42 Å². The number of likely N-dealkylation sites (N-methyl/N-ethyl adjacent to an activating group) is 1. The van der Waals surface area contributed by atoms with Crippen molar-refractivity contribution in [2.24, 2.45) is 0 Å². The topological polar surface area (TPSA) is 24.9 Å². The Morgan fingerprint density at radius 1 is 0.941 bits per heavy atom. The van der Waals surface area contributed by atoms with E-state index in [0.29, 0.717) is 13.2 Å². The van der Waals surface area contributed by atoms with Crippen molar-refractivity contribution in [3.63, 3.8) is 0 Å². The van der Waals surface area contributed by atoms with Crippen molar-refractivity contribution in [3.8, 4) is 0 Å². The summed E-state index contributed by atoms with van der Waals surface area (Å²) in [5.41, 5.74) is 0. The van der Waals surface area contributed by atoms with E-state index in [4.69, 9.17) is 9.47 Å². The number of hydrogen-bond donors (Lipinski definition) is 0. The van der Waals surface area contributed by atoms with Gasteiger partial charge in [-0.05, 0) is 54.0 Å². The summed E-state index contributed by atoms with van der Waals surface area (Å²) in [6.45, 7) is 11.8. The average Bonchev–Trinajstić information content (AvgIpc) is 2.27. The maximum absolute atomic E-state index is 5.57. The van der Waals surface area contributed by atoms with Crippen LogP contribution in [-0.4, -0.2) is 69.6 Å². The van der Waals surface area contributed by atoms with Crippen molar-refractivity contribution in [1.82, 2.24) is 9.80 Å². The second-order valence-corrected chi connectivity index (χ2v) is 4.39. The van der Waals surface area contributed by atoms with Gasteiger partial charge in [-0.3, -0.25) is 4.90 Å². The normalized spacial score (nSPS) is 12.0. The summed E-state index contributed by atoms with van der Waals surface area (Å²) in [5.74, 6) is 0. The van der Waals surface area contributed by atoms with Crippen LogP contribution < -0.4 is 0 Å². The molecule has 0 aromatic carbocycles. The van der Waals surface area contributed by atoms with Gasteiger partial charge in [-0.1, -0.05) is 6.92 Å². The van der Waals surface area contributed by atoms with Gasteiger partial charge in [0.15, 0.2) is 6.29 Å². The van der Waals surface area contributed by atoms with E-state index in [1.807, 2.05) is 13.8 Å². The zero-order valence-corrected chi connectivity index (χ0v) is 12.2. The zero-order chi connectivity index (χ0) is 13.1. The monoisotopic (exact) mass is 246 g/mol. The van der Waals surface area contributed by atoms with Crippen LogP contribution in [0.25, 0.3) is 0 Å². The van der Waals surface area contributed by atoms with Crippen LogP contribution in [-0.2, 0) is 9.47 Å². The summed E-state index contributed by atoms with van der Waals surface area (Å²) in [4.78, 5) is 4.61. The lowest BCUT2D eigenvalue weighted by Crippen LogP contribution is -2.37. The SMILES string of the molecule is CCOC(CN(CC)CCCN(C)C)OCC. The predicted molar refractivity (Wildman–Crippen MR) is 72.3 cm³/mol. The summed E-state index contributed by atoms with van der Waals surface area (Å²) in [6, 6.07) is 0. The second kappa shape index (κ2) is 11.0. The quantitative estimate of drug-likeness (QED) is 0.518. The Hall–Kier alpha value is -0.160. The van der Waals surface area contributed by atoms with Crippen LogP contribution in [0.15, 0.2) is 0 Å². The van der Waals surface area contributed by atoms with Crippen molar-refractivity contribution in [2.75, 3.05) is 53.5 Å². The summed E-state index contributed by atoms with van der Waals surface area (Å²) < 4.78 is 11.1. The number of nitrogens with zero attached hydrogens (tertiary/aromatic N) is 2. The maximum atomic E-state index is 5.57. The molecule has 0 atom stereocenters. The molecule has 0 aliphatic carbocycles. The molecule has 104 valence electrons. The van der Waals surface area contributed by atoms with Crippen molar-refractivity contribution in [3.05, 3.63) is 0 Å². The molecular formula is C13H30N2O2. The van der Waals surface area contributed by atoms with Crippen LogP contribution in [0.1, 0.15) is 27.2 Å². The Morgan fingerprint density at radius 3 is 1.94 bits per heavy atom. The van der Waals surface area contributed by atoms with E-state index >= 15 is 0 Å². The molecule has 0 unspecified atom stereocenters. The molecule has 0 saturated heterocycles. The molecule has 0 aliphatic rings. The number of hydrogen-bond acceptors (Lipinski definition) is 4. The molecule has 0 bridgehead atoms. The van der Waals surface area contributed by atoms with Crippen molar-refractivity contribution >= 4 is 0 Å². The highest BCUT2D eigenvalue weighted by Crippen LogP contribution is 2.01. The summed E-state index contributed by atoms with van der Waals surface area (Å²) in [5, 5.41) is 0. The highest BCUT2D eigenvalue weighted by Gasteiger charge is 2.12. The van der Waals surface area contributed by atoms with Gasteiger partial charge in [0.1, 0.15) is 0 Å². The highest BCUT2D eigenvalue weighted by molar-refractivity contribution is 4.60. The third kappa shape index (κ3) is 9.53. The Morgan fingerprint density at radius 2 is 1.53 bits per heavy atom. The predicted octanol–water partition coefficient (Wildman–Crippen LogP) is 1.66. The fourth-order valence-electron chi connectivity index (χ4n) is 1.73. The van der Waals surface area contributed by atoms with Crippen LogP contribution in [0.4, 0.5) is 0 Å². The molecule has 0 heterocycles. The van der Waals surface area contributed by atoms with Crippen molar-refractivity contribution in [1.29, 1.82) is 0 Å². The van der Waals surface area contributed by atoms with Gasteiger partial charge in [0.2, 0.25) is 0 Å². The Labute approximate surface area is 107 Å². The third-order valence-electron chi connectivity index (χ3n) is 2.64. The lowest BCUT2D eigenvalue weighted by atomic mass is 10.3. The minimum absolute atomic E-state index is 0.0793. The molecule has 0 radical (unpaired) electrons. The summed E-state index contributed by atoms with van der Waals surface area (Å²) in [6.07, 6.45) is 1.11. The van der Waals surface area contributed by atoms with Gasteiger partial charge in [-0.15, -0.1) is 0 Å². The molecule has 0 aliphatic heterocycles. The molecule has 0 saturated carbocycles. The largest absolute Gasteiger partial charge is 0.352 e. The van der Waals surface area contributed by atoms with E-state index in [1.54, 1.807) is 0 Å². The van der Waals surface area contributed by atoms with Gasteiger partial charge in [-0.25, -0.2) is 0 Å². The van der Waals surface area contributed by atoms with Crippen LogP contribution in [0.3, 0.4) is 0 Å². The fraction of sp³-hybridized carbons (Fsp3) is 1.00. The Kier molecular flexibility index (Phi) is 10.9. The summed E-state index contributed by atoms with van der Waals surface area (Å²) in [7, 11) is 4.22. The minimum atomic E-state index is -0.0793. The van der Waals surface area contributed by atoms with Gasteiger partial charge in [0.05, 0.1) is 0 Å². The van der Waals surface area contributed by atoms with Gasteiger partial charge < -0.3 is 14.4 Å². The summed E-state index contributed by atoms with van der Waals surface area (Å²) >= 11 is 0. The van der Waals surface area contributed by atoms with Gasteiger partial charge in [-0.2, -0.15) is 0 Å². The molecule has 17 heavy (non-hydrogen) atoms. The van der Waals surface area contributed by atoms with E-state index in [-0.39, 0.29) is 6.29 Å². The first kappa shape index (κ1) is 16.8. The molecule has 0 fully saturated rings. The lowest BCUT2D eigenvalue weighted by Gasteiger charge is -2.26. The Bertz CT molecular complexity index is 159. The third-order valence-corrected chi connectivity index (χ3v) is 2.64. The van der Waals surface area contributed by atoms with E-state index in [9.17, 15) is 0 Å². The van der Waals surface area contributed by atoms with Crippen molar-refractivity contribution < 1.29 is 9.47 Å². The van der Waals surface area contributed by atoms with E-state index < -0.39 is 0 Å². The minimum Gasteiger partial charge on any atom is -0.352 e. The number of ether oxygens (including phenoxy) is 2. The van der Waals surface area contributed by atoms with E-state index in [0.717, 1.165) is 26.2 Å². The molecular weight excluding hydrogens is 216 g/mol. The highest BCUT2D eigenvalue weighted by atomic mass is 16.7. The first-order chi connectivity index (χ1) is 8.13.